The van der Waals surface area contributed by atoms with Gasteiger partial charge in [0.05, 0.1) is 0 Å². The van der Waals surface area contributed by atoms with Crippen LogP contribution in [0.4, 0.5) is 0 Å². The Morgan fingerprint density at radius 2 is 1.27 bits per heavy atom. The molecule has 0 aliphatic heterocycles. The van der Waals surface area contributed by atoms with E-state index >= 15 is 0 Å². The van der Waals surface area contributed by atoms with Gasteiger partial charge in [0.2, 0.25) is 0 Å². The van der Waals surface area contributed by atoms with Gasteiger partial charge in [-0.25, -0.2) is 0 Å². The van der Waals surface area contributed by atoms with Gasteiger partial charge >= 0.3 is 0 Å². The highest BCUT2D eigenvalue weighted by atomic mass is 35.5. The van der Waals surface area contributed by atoms with Gasteiger partial charge in [-0.1, -0.05) is 53.0 Å². The number of carbonyl (C=O) groups is 1. The molecule has 0 aliphatic carbocycles. The Morgan fingerprint density at radius 3 is 1.80 bits per heavy atom. The maximum Gasteiger partial charge on any atom is 0.200 e. The number of hydrogen-bond donors (Lipinski definition) is 0. The van der Waals surface area contributed by atoms with Gasteiger partial charge in [-0.05, 0) is 61.5 Å². The molecule has 0 heterocycles. The molecule has 0 spiro atoms. The molecule has 0 aromatic heterocycles. The normalized spacial score (nSPS) is 10.2. The molecule has 0 saturated heterocycles. The van der Waals surface area contributed by atoms with Crippen LogP contribution in [0.15, 0.2) is 83.4 Å². The lowest BCUT2D eigenvalue weighted by Gasteiger charge is -2.09. The molecule has 0 fully saturated rings. The first kappa shape index (κ1) is 21.8. The third kappa shape index (κ3) is 6.83. The zero-order valence-corrected chi connectivity index (χ0v) is 17.8. The highest BCUT2D eigenvalue weighted by Crippen LogP contribution is 2.26. The predicted octanol–water partition coefficient (Wildman–Crippen LogP) is 6.75. The highest BCUT2D eigenvalue weighted by Gasteiger charge is 2.07. The smallest absolute Gasteiger partial charge is 0.200 e. The van der Waals surface area contributed by atoms with Crippen molar-refractivity contribution in [2.45, 2.75) is 6.92 Å². The molecule has 0 amide bonds. The number of hydrogen-bond acceptors (Lipinski definition) is 4. The van der Waals surface area contributed by atoms with E-state index in [1.165, 1.54) is 0 Å². The topological polar surface area (TPSA) is 44.8 Å². The average Bonchev–Trinajstić information content (AvgIpc) is 2.74. The molecule has 0 aliphatic rings. The third-order valence-corrected chi connectivity index (χ3v) is 4.42. The van der Waals surface area contributed by atoms with Crippen LogP contribution in [-0.4, -0.2) is 19.0 Å². The van der Waals surface area contributed by atoms with E-state index in [9.17, 15) is 4.79 Å². The van der Waals surface area contributed by atoms with E-state index in [1.54, 1.807) is 66.7 Å². The van der Waals surface area contributed by atoms with E-state index in [1.807, 2.05) is 19.1 Å². The summed E-state index contributed by atoms with van der Waals surface area (Å²) in [5.74, 6) is 2.52. The van der Waals surface area contributed by atoms with Gasteiger partial charge in [-0.2, -0.15) is 0 Å². The Balaban J connectivity index is 1.50. The average molecular weight is 443 g/mol. The second-order valence-electron chi connectivity index (χ2n) is 6.43. The summed E-state index contributed by atoms with van der Waals surface area (Å²) >= 11 is 11.1. The summed E-state index contributed by atoms with van der Waals surface area (Å²) < 4.78 is 17.0. The van der Waals surface area contributed by atoms with E-state index in [-0.39, 0.29) is 23.5 Å². The quantitative estimate of drug-likeness (QED) is 0.343. The SMILES string of the molecule is Cc1ccc(C(=O)COc2ccc(Oc3ccc(OCC=C(Cl)Cl)cc3)cc2)cc1. The van der Waals surface area contributed by atoms with E-state index in [2.05, 4.69) is 0 Å². The van der Waals surface area contributed by atoms with Crippen LogP contribution in [0.3, 0.4) is 0 Å². The van der Waals surface area contributed by atoms with E-state index < -0.39 is 0 Å². The monoisotopic (exact) mass is 442 g/mol. The molecule has 6 heteroatoms. The first-order valence-electron chi connectivity index (χ1n) is 9.24. The lowest BCUT2D eigenvalue weighted by atomic mass is 10.1. The van der Waals surface area contributed by atoms with Crippen molar-refractivity contribution in [3.05, 3.63) is 94.5 Å². The van der Waals surface area contributed by atoms with Crippen LogP contribution >= 0.6 is 23.2 Å². The lowest BCUT2D eigenvalue weighted by molar-refractivity contribution is 0.0921. The van der Waals surface area contributed by atoms with Crippen LogP contribution in [0.25, 0.3) is 0 Å². The molecule has 0 radical (unpaired) electrons. The number of aryl methyl sites for hydroxylation is 1. The van der Waals surface area contributed by atoms with Crippen molar-refractivity contribution in [3.63, 3.8) is 0 Å². The number of rotatable bonds is 9. The molecule has 4 nitrogen and oxygen atoms in total. The Bertz CT molecular complexity index is 991. The third-order valence-electron chi connectivity index (χ3n) is 4.11. The van der Waals surface area contributed by atoms with Crippen molar-refractivity contribution in [1.29, 1.82) is 0 Å². The molecule has 3 aromatic carbocycles. The summed E-state index contributed by atoms with van der Waals surface area (Å²) in [5, 5.41) is 0. The van der Waals surface area contributed by atoms with Crippen molar-refractivity contribution in [1.82, 2.24) is 0 Å². The summed E-state index contributed by atoms with van der Waals surface area (Å²) in [4.78, 5) is 12.2. The minimum Gasteiger partial charge on any atom is -0.489 e. The fourth-order valence-corrected chi connectivity index (χ4v) is 2.64. The summed E-state index contributed by atoms with van der Waals surface area (Å²) in [7, 11) is 0. The Kier molecular flexibility index (Phi) is 7.77. The van der Waals surface area contributed by atoms with Crippen molar-refractivity contribution < 1.29 is 19.0 Å². The largest absolute Gasteiger partial charge is 0.489 e. The predicted molar refractivity (Wildman–Crippen MR) is 119 cm³/mol. The van der Waals surface area contributed by atoms with Crippen LogP contribution in [-0.2, 0) is 0 Å². The Hall–Kier alpha value is -2.95. The zero-order valence-electron chi connectivity index (χ0n) is 16.3. The summed E-state index contributed by atoms with van der Waals surface area (Å²) in [6, 6.07) is 21.7. The molecule has 0 atom stereocenters. The Labute approximate surface area is 185 Å². The van der Waals surface area contributed by atoms with Gasteiger partial charge in [0.1, 0.15) is 34.1 Å². The summed E-state index contributed by atoms with van der Waals surface area (Å²) in [6.45, 7) is 2.25. The minimum absolute atomic E-state index is 0.0190. The van der Waals surface area contributed by atoms with Gasteiger partial charge in [0, 0.05) is 5.56 Å². The van der Waals surface area contributed by atoms with E-state index in [0.29, 0.717) is 28.6 Å². The second kappa shape index (κ2) is 10.7. The van der Waals surface area contributed by atoms with Crippen LogP contribution in [0, 0.1) is 6.92 Å². The number of ketones is 1. The fourth-order valence-electron chi connectivity index (χ4n) is 2.52. The van der Waals surface area contributed by atoms with Gasteiger partial charge in [-0.15, -0.1) is 0 Å². The molecule has 30 heavy (non-hydrogen) atoms. The lowest BCUT2D eigenvalue weighted by Crippen LogP contribution is -2.11. The summed E-state index contributed by atoms with van der Waals surface area (Å²) in [5.41, 5.74) is 1.74. The zero-order chi connectivity index (χ0) is 21.3. The van der Waals surface area contributed by atoms with Crippen molar-refractivity contribution in [2.24, 2.45) is 0 Å². The van der Waals surface area contributed by atoms with Gasteiger partial charge in [-0.3, -0.25) is 4.79 Å². The molecular formula is C24H20Cl2O4. The molecule has 154 valence electrons. The van der Waals surface area contributed by atoms with Gasteiger partial charge in [0.25, 0.3) is 0 Å². The number of Topliss-reactive ketones (excluding diaryl/α,β-unsaturated/α-hetero) is 1. The van der Waals surface area contributed by atoms with Gasteiger partial charge < -0.3 is 14.2 Å². The van der Waals surface area contributed by atoms with Crippen LogP contribution in [0.2, 0.25) is 0 Å². The number of halogens is 2. The van der Waals surface area contributed by atoms with Gasteiger partial charge in [0.15, 0.2) is 12.4 Å². The Morgan fingerprint density at radius 1 is 0.767 bits per heavy atom. The molecule has 3 rings (SSSR count). The molecule has 0 saturated carbocycles. The molecule has 0 bridgehead atoms. The van der Waals surface area contributed by atoms with Crippen molar-refractivity contribution in [2.75, 3.05) is 13.2 Å². The maximum absolute atomic E-state index is 12.2. The maximum atomic E-state index is 12.2. The first-order chi connectivity index (χ1) is 14.5. The van der Waals surface area contributed by atoms with Crippen molar-refractivity contribution in [3.8, 4) is 23.0 Å². The van der Waals surface area contributed by atoms with E-state index in [4.69, 9.17) is 37.4 Å². The van der Waals surface area contributed by atoms with Crippen LogP contribution in [0.5, 0.6) is 23.0 Å². The standard InChI is InChI=1S/C24H20Cl2O4/c1-17-2-4-18(5-3-17)23(27)16-29-20-8-12-22(13-9-20)30-21-10-6-19(7-11-21)28-15-14-24(25)26/h2-14H,15-16H2,1H3. The van der Waals surface area contributed by atoms with Crippen LogP contribution in [0.1, 0.15) is 15.9 Å². The van der Waals surface area contributed by atoms with E-state index in [0.717, 1.165) is 5.56 Å². The second-order valence-corrected chi connectivity index (χ2v) is 7.44. The minimum atomic E-state index is -0.0681. The highest BCUT2D eigenvalue weighted by molar-refractivity contribution is 6.55. The number of ether oxygens (including phenoxy) is 3. The van der Waals surface area contributed by atoms with Crippen molar-refractivity contribution >= 4 is 29.0 Å². The number of benzene rings is 3. The molecule has 0 unspecified atom stereocenters. The van der Waals surface area contributed by atoms with Crippen LogP contribution < -0.4 is 14.2 Å². The molecular weight excluding hydrogens is 423 g/mol. The fraction of sp³-hybridized carbons (Fsp3) is 0.125. The first-order valence-corrected chi connectivity index (χ1v) is 10.00. The summed E-state index contributed by atoms with van der Waals surface area (Å²) in [6.07, 6.45) is 1.56. The molecule has 3 aromatic rings. The molecule has 0 N–H and O–H groups in total. The number of carbonyl (C=O) groups excluding carboxylic acids is 1.